The maximum atomic E-state index is 12.2. The molecule has 9 heteroatoms. The van der Waals surface area contributed by atoms with Crippen LogP contribution in [0.2, 0.25) is 0 Å². The van der Waals surface area contributed by atoms with Crippen molar-refractivity contribution in [3.63, 3.8) is 0 Å². The molecule has 1 fully saturated rings. The summed E-state index contributed by atoms with van der Waals surface area (Å²) in [6.07, 6.45) is 0. The van der Waals surface area contributed by atoms with Gasteiger partial charge in [0.2, 0.25) is 0 Å². The maximum Gasteiger partial charge on any atom is 0.305 e. The fourth-order valence-electron chi connectivity index (χ4n) is 1.64. The minimum absolute atomic E-state index is 0. The Morgan fingerprint density at radius 2 is 1.88 bits per heavy atom. The van der Waals surface area contributed by atoms with E-state index >= 15 is 0 Å². The van der Waals surface area contributed by atoms with Gasteiger partial charge in [0.1, 0.15) is 0 Å². The molecule has 1 aromatic rings. The van der Waals surface area contributed by atoms with Crippen molar-refractivity contribution in [3.05, 3.63) is 15.4 Å². The second-order valence-corrected chi connectivity index (χ2v) is 6.70. The van der Waals surface area contributed by atoms with Gasteiger partial charge in [0.05, 0.1) is 0 Å². The number of piperazine rings is 1. The number of sulfonamides is 1. The Balaban J connectivity index is 0.00000144. The molecule has 1 aliphatic rings. The van der Waals surface area contributed by atoms with Crippen molar-refractivity contribution in [1.29, 1.82) is 0 Å². The molecule has 2 rings (SSSR count). The van der Waals surface area contributed by atoms with Crippen LogP contribution in [0, 0.1) is 6.92 Å². The minimum atomic E-state index is -3.49. The van der Waals surface area contributed by atoms with Crippen LogP contribution in [-0.4, -0.2) is 43.9 Å². The third kappa shape index (κ3) is 2.89. The number of aryl methyl sites for hydroxylation is 1. The van der Waals surface area contributed by atoms with Crippen molar-refractivity contribution in [3.8, 4) is 0 Å². The Morgan fingerprint density at radius 3 is 2.35 bits per heavy atom. The van der Waals surface area contributed by atoms with Crippen LogP contribution in [0.25, 0.3) is 0 Å². The molecule has 1 saturated heterocycles. The molecule has 0 amide bonds. The fourth-order valence-corrected chi connectivity index (χ4v) is 4.52. The van der Waals surface area contributed by atoms with Crippen molar-refractivity contribution in [2.24, 2.45) is 0 Å². The van der Waals surface area contributed by atoms with E-state index in [2.05, 4.69) is 10.3 Å². The van der Waals surface area contributed by atoms with E-state index in [0.717, 1.165) is 11.3 Å². The lowest BCUT2D eigenvalue weighted by Gasteiger charge is -2.25. The number of nitrogens with one attached hydrogen (secondary N) is 2. The van der Waals surface area contributed by atoms with E-state index in [-0.39, 0.29) is 21.5 Å². The second-order valence-electron chi connectivity index (χ2n) is 3.58. The van der Waals surface area contributed by atoms with Gasteiger partial charge in [-0.3, -0.25) is 4.79 Å². The van der Waals surface area contributed by atoms with Crippen LogP contribution >= 0.6 is 23.7 Å². The molecule has 2 N–H and O–H groups in total. The van der Waals surface area contributed by atoms with Gasteiger partial charge in [-0.1, -0.05) is 11.3 Å². The third-order valence-corrected chi connectivity index (χ3v) is 5.91. The average molecular weight is 300 g/mol. The monoisotopic (exact) mass is 299 g/mol. The highest BCUT2D eigenvalue weighted by Gasteiger charge is 2.29. The molecule has 0 atom stereocenters. The van der Waals surface area contributed by atoms with Crippen molar-refractivity contribution in [1.82, 2.24) is 14.6 Å². The molecule has 0 spiro atoms. The molecule has 1 aliphatic heterocycles. The lowest BCUT2D eigenvalue weighted by Crippen LogP contribution is -2.46. The van der Waals surface area contributed by atoms with E-state index in [0.29, 0.717) is 31.9 Å². The third-order valence-electron chi connectivity index (χ3n) is 2.43. The number of nitrogens with zero attached hydrogens (tertiary/aromatic N) is 1. The first kappa shape index (κ1) is 14.7. The van der Waals surface area contributed by atoms with Gasteiger partial charge in [0, 0.05) is 31.9 Å². The van der Waals surface area contributed by atoms with Gasteiger partial charge in [-0.05, 0) is 6.92 Å². The molecule has 0 saturated carbocycles. The van der Waals surface area contributed by atoms with Gasteiger partial charge < -0.3 is 10.3 Å². The largest absolute Gasteiger partial charge is 0.315 e. The summed E-state index contributed by atoms with van der Waals surface area (Å²) in [6.45, 7) is 3.81. The van der Waals surface area contributed by atoms with Gasteiger partial charge in [-0.25, -0.2) is 8.42 Å². The van der Waals surface area contributed by atoms with Gasteiger partial charge in [-0.2, -0.15) is 4.31 Å². The Hall–Kier alpha value is -0.410. The molecule has 1 aromatic heterocycles. The van der Waals surface area contributed by atoms with Crippen LogP contribution < -0.4 is 10.2 Å². The molecular formula is C8H14ClN3O3S2. The highest BCUT2D eigenvalue weighted by molar-refractivity contribution is 7.91. The Labute approximate surface area is 109 Å². The van der Waals surface area contributed by atoms with Crippen LogP contribution in [0.5, 0.6) is 0 Å². The summed E-state index contributed by atoms with van der Waals surface area (Å²) in [5.74, 6) is 0. The van der Waals surface area contributed by atoms with Crippen LogP contribution in [0.15, 0.2) is 9.00 Å². The SMILES string of the molecule is Cc1[nH]c(=O)sc1S(=O)(=O)N1CCNCC1.Cl. The number of hydrogen-bond donors (Lipinski definition) is 2. The molecule has 6 nitrogen and oxygen atoms in total. The van der Waals surface area contributed by atoms with E-state index in [1.807, 2.05) is 0 Å². The highest BCUT2D eigenvalue weighted by Crippen LogP contribution is 2.21. The zero-order valence-electron chi connectivity index (χ0n) is 9.23. The first-order valence-electron chi connectivity index (χ1n) is 4.92. The number of thiazole rings is 1. The molecule has 0 bridgehead atoms. The summed E-state index contributed by atoms with van der Waals surface area (Å²) in [4.78, 5) is 13.3. The summed E-state index contributed by atoms with van der Waals surface area (Å²) < 4.78 is 25.9. The fraction of sp³-hybridized carbons (Fsp3) is 0.625. The minimum Gasteiger partial charge on any atom is -0.315 e. The Morgan fingerprint density at radius 1 is 1.29 bits per heavy atom. The predicted molar refractivity (Wildman–Crippen MR) is 68.6 cm³/mol. The van der Waals surface area contributed by atoms with Crippen molar-refractivity contribution < 1.29 is 8.42 Å². The van der Waals surface area contributed by atoms with E-state index < -0.39 is 10.0 Å². The van der Waals surface area contributed by atoms with E-state index in [1.54, 1.807) is 6.92 Å². The first-order chi connectivity index (χ1) is 7.51. The van der Waals surface area contributed by atoms with E-state index in [4.69, 9.17) is 0 Å². The molecule has 0 aliphatic carbocycles. The quantitative estimate of drug-likeness (QED) is 0.790. The number of hydrogen-bond acceptors (Lipinski definition) is 5. The number of aromatic amines is 1. The van der Waals surface area contributed by atoms with Gasteiger partial charge in [-0.15, -0.1) is 12.4 Å². The van der Waals surface area contributed by atoms with Crippen molar-refractivity contribution >= 4 is 33.8 Å². The molecular weight excluding hydrogens is 286 g/mol. The molecule has 0 unspecified atom stereocenters. The van der Waals surface area contributed by atoms with Crippen LogP contribution in [0.3, 0.4) is 0 Å². The normalized spacial score (nSPS) is 17.7. The Kier molecular flexibility index (Phi) is 4.73. The lowest BCUT2D eigenvalue weighted by molar-refractivity contribution is 0.361. The molecule has 98 valence electrons. The van der Waals surface area contributed by atoms with Crippen LogP contribution in [-0.2, 0) is 10.0 Å². The summed E-state index contributed by atoms with van der Waals surface area (Å²) >= 11 is 0.754. The molecule has 17 heavy (non-hydrogen) atoms. The Bertz CT molecular complexity index is 530. The van der Waals surface area contributed by atoms with Gasteiger partial charge in [0.15, 0.2) is 4.21 Å². The maximum absolute atomic E-state index is 12.2. The lowest BCUT2D eigenvalue weighted by atomic mass is 10.4. The van der Waals surface area contributed by atoms with Crippen LogP contribution in [0.4, 0.5) is 0 Å². The van der Waals surface area contributed by atoms with E-state index in [1.165, 1.54) is 4.31 Å². The van der Waals surface area contributed by atoms with Gasteiger partial charge in [0.25, 0.3) is 10.0 Å². The zero-order chi connectivity index (χ0) is 11.8. The number of rotatable bonds is 2. The van der Waals surface area contributed by atoms with E-state index in [9.17, 15) is 13.2 Å². The van der Waals surface area contributed by atoms with Crippen molar-refractivity contribution in [2.75, 3.05) is 26.2 Å². The number of halogens is 1. The zero-order valence-corrected chi connectivity index (χ0v) is 11.7. The van der Waals surface area contributed by atoms with Gasteiger partial charge >= 0.3 is 4.87 Å². The van der Waals surface area contributed by atoms with Crippen molar-refractivity contribution in [2.45, 2.75) is 11.1 Å². The first-order valence-corrected chi connectivity index (χ1v) is 7.18. The second kappa shape index (κ2) is 5.49. The number of H-pyrrole nitrogens is 1. The predicted octanol–water partition coefficient (Wildman–Crippen LogP) is -0.239. The summed E-state index contributed by atoms with van der Waals surface area (Å²) in [5.41, 5.74) is 0.425. The average Bonchev–Trinajstić information content (AvgIpc) is 2.60. The highest BCUT2D eigenvalue weighted by atomic mass is 35.5. The molecule has 0 radical (unpaired) electrons. The molecule has 0 aromatic carbocycles. The number of aromatic nitrogens is 1. The smallest absolute Gasteiger partial charge is 0.305 e. The summed E-state index contributed by atoms with van der Waals surface area (Å²) in [7, 11) is -3.49. The summed E-state index contributed by atoms with van der Waals surface area (Å²) in [6, 6.07) is 0. The standard InChI is InChI=1S/C8H13N3O3S2.ClH/c1-6-7(15-8(12)10-6)16(13,14)11-4-2-9-3-5-11;/h9H,2-5H2,1H3,(H,10,12);1H. The summed E-state index contributed by atoms with van der Waals surface area (Å²) in [5, 5.41) is 3.09. The van der Waals surface area contributed by atoms with Crippen LogP contribution in [0.1, 0.15) is 5.69 Å². The molecule has 2 heterocycles. The topological polar surface area (TPSA) is 82.3 Å².